The van der Waals surface area contributed by atoms with E-state index in [-0.39, 0.29) is 30.3 Å². The van der Waals surface area contributed by atoms with Crippen LogP contribution >= 0.6 is 24.8 Å². The van der Waals surface area contributed by atoms with Crippen LogP contribution in [-0.2, 0) is 12.8 Å². The number of nitrogens with one attached hydrogen (secondary N) is 1. The number of nitrogens with zero attached hydrogens (tertiary/aromatic N) is 1. The fraction of sp³-hybridized carbons (Fsp3) is 0.588. The van der Waals surface area contributed by atoms with Crippen molar-refractivity contribution in [1.82, 2.24) is 10.2 Å². The number of ether oxygens (including phenoxy) is 1. The highest BCUT2D eigenvalue weighted by Crippen LogP contribution is 2.36. The van der Waals surface area contributed by atoms with Crippen molar-refractivity contribution in [3.8, 4) is 5.75 Å². The third-order valence-corrected chi connectivity index (χ3v) is 5.11. The van der Waals surface area contributed by atoms with Crippen molar-refractivity contribution >= 4 is 31.1 Å². The molecule has 1 fully saturated rings. The van der Waals surface area contributed by atoms with Crippen molar-refractivity contribution in [1.29, 1.82) is 0 Å². The summed E-state index contributed by atoms with van der Waals surface area (Å²) in [6.07, 6.45) is 4.12. The SMILES string of the molecule is COc1ccc(C=O)c2c1CC(C1CNCCN1C)CC2.Cl.Cl.O. The number of halogens is 2. The van der Waals surface area contributed by atoms with E-state index in [4.69, 9.17) is 4.74 Å². The fourth-order valence-electron chi connectivity index (χ4n) is 3.89. The first-order valence-electron chi connectivity index (χ1n) is 7.79. The highest BCUT2D eigenvalue weighted by Gasteiger charge is 2.32. The second-order valence-corrected chi connectivity index (χ2v) is 6.19. The number of fused-ring (bicyclic) bond motifs is 1. The molecule has 138 valence electrons. The molecule has 1 saturated heterocycles. The van der Waals surface area contributed by atoms with Crippen LogP contribution in [0.25, 0.3) is 0 Å². The van der Waals surface area contributed by atoms with Gasteiger partial charge in [0.15, 0.2) is 0 Å². The van der Waals surface area contributed by atoms with Gasteiger partial charge in [0.05, 0.1) is 7.11 Å². The molecule has 1 heterocycles. The first-order valence-corrected chi connectivity index (χ1v) is 7.79. The highest BCUT2D eigenvalue weighted by molar-refractivity contribution is 5.85. The van der Waals surface area contributed by atoms with Crippen molar-refractivity contribution in [3.63, 3.8) is 0 Å². The number of hydrogen-bond acceptors (Lipinski definition) is 4. The van der Waals surface area contributed by atoms with E-state index in [0.717, 1.165) is 56.5 Å². The Morgan fingerprint density at radius 1 is 1.29 bits per heavy atom. The zero-order chi connectivity index (χ0) is 14.8. The summed E-state index contributed by atoms with van der Waals surface area (Å²) in [5.74, 6) is 1.57. The molecule has 0 amide bonds. The van der Waals surface area contributed by atoms with Crippen LogP contribution in [0.4, 0.5) is 0 Å². The number of likely N-dealkylation sites (N-methyl/N-ethyl adjacent to an activating group) is 1. The van der Waals surface area contributed by atoms with E-state index >= 15 is 0 Å². The molecule has 0 saturated carbocycles. The van der Waals surface area contributed by atoms with Crippen LogP contribution < -0.4 is 10.1 Å². The van der Waals surface area contributed by atoms with Gasteiger partial charge in [-0.15, -0.1) is 24.8 Å². The van der Waals surface area contributed by atoms with Crippen molar-refractivity contribution in [2.24, 2.45) is 5.92 Å². The molecule has 0 spiro atoms. The molecule has 2 aliphatic rings. The molecule has 2 unspecified atom stereocenters. The Balaban J connectivity index is 0.00000176. The standard InChI is InChI=1S/C17H24N2O2.2ClH.H2O/c1-19-8-7-18-10-16(19)12-3-5-14-13(11-20)4-6-17(21-2)15(14)9-12;;;/h4,6,11-12,16,18H,3,5,7-10H2,1-2H3;2*1H;1H2. The van der Waals surface area contributed by atoms with Gasteiger partial charge in [0.2, 0.25) is 0 Å². The molecule has 0 radical (unpaired) electrons. The Labute approximate surface area is 156 Å². The molecule has 5 nitrogen and oxygen atoms in total. The molecule has 0 aromatic heterocycles. The van der Waals surface area contributed by atoms with E-state index in [1.165, 1.54) is 11.1 Å². The van der Waals surface area contributed by atoms with Crippen LogP contribution in [0.15, 0.2) is 12.1 Å². The quantitative estimate of drug-likeness (QED) is 0.809. The smallest absolute Gasteiger partial charge is 0.150 e. The summed E-state index contributed by atoms with van der Waals surface area (Å²) in [5, 5.41) is 3.51. The number of rotatable bonds is 3. The van der Waals surface area contributed by atoms with Gasteiger partial charge in [0.25, 0.3) is 0 Å². The molecule has 0 bridgehead atoms. The Kier molecular flexibility index (Phi) is 9.85. The second-order valence-electron chi connectivity index (χ2n) is 6.19. The molecule has 1 aliphatic heterocycles. The predicted octanol–water partition coefficient (Wildman–Crippen LogP) is 1.54. The average molecular weight is 379 g/mol. The molecule has 3 N–H and O–H groups in total. The molecule has 1 aliphatic carbocycles. The molecule has 1 aromatic rings. The van der Waals surface area contributed by atoms with Crippen molar-refractivity contribution in [2.45, 2.75) is 25.3 Å². The second kappa shape index (κ2) is 10.2. The van der Waals surface area contributed by atoms with Crippen molar-refractivity contribution < 1.29 is 15.0 Å². The molecule has 24 heavy (non-hydrogen) atoms. The van der Waals surface area contributed by atoms with E-state index in [0.29, 0.717) is 12.0 Å². The normalized spacial score (nSPS) is 22.9. The van der Waals surface area contributed by atoms with E-state index in [2.05, 4.69) is 17.3 Å². The van der Waals surface area contributed by atoms with E-state index < -0.39 is 0 Å². The number of carbonyl (C=O) groups excluding carboxylic acids is 1. The summed E-state index contributed by atoms with van der Waals surface area (Å²) in [6, 6.07) is 4.41. The third kappa shape index (κ3) is 4.41. The Morgan fingerprint density at radius 2 is 2.04 bits per heavy atom. The van der Waals surface area contributed by atoms with Crippen LogP contribution in [0.1, 0.15) is 27.9 Å². The lowest BCUT2D eigenvalue weighted by atomic mass is 9.77. The maximum absolute atomic E-state index is 11.3. The number of piperazine rings is 1. The van der Waals surface area contributed by atoms with Gasteiger partial charge < -0.3 is 20.4 Å². The molecule has 7 heteroatoms. The van der Waals surface area contributed by atoms with Gasteiger partial charge in [-0.3, -0.25) is 4.79 Å². The zero-order valence-electron chi connectivity index (χ0n) is 14.2. The predicted molar refractivity (Wildman–Crippen MR) is 101 cm³/mol. The van der Waals surface area contributed by atoms with E-state index in [9.17, 15) is 4.79 Å². The lowest BCUT2D eigenvalue weighted by Gasteiger charge is -2.41. The number of hydrogen-bond donors (Lipinski definition) is 1. The average Bonchev–Trinajstić information content (AvgIpc) is 2.53. The minimum absolute atomic E-state index is 0. The first-order chi connectivity index (χ1) is 10.2. The number of benzene rings is 1. The minimum atomic E-state index is 0. The maximum Gasteiger partial charge on any atom is 0.150 e. The number of carbonyl (C=O) groups is 1. The lowest BCUT2D eigenvalue weighted by Crippen LogP contribution is -2.53. The molecular formula is C17H28Cl2N2O3. The Morgan fingerprint density at radius 3 is 2.67 bits per heavy atom. The monoisotopic (exact) mass is 378 g/mol. The van der Waals surface area contributed by atoms with Gasteiger partial charge in [-0.2, -0.15) is 0 Å². The summed E-state index contributed by atoms with van der Waals surface area (Å²) in [7, 11) is 3.94. The van der Waals surface area contributed by atoms with Crippen LogP contribution in [0.5, 0.6) is 5.75 Å². The minimum Gasteiger partial charge on any atom is -0.496 e. The summed E-state index contributed by atoms with van der Waals surface area (Å²) < 4.78 is 5.53. The maximum atomic E-state index is 11.3. The van der Waals surface area contributed by atoms with Crippen molar-refractivity contribution in [3.05, 3.63) is 28.8 Å². The number of aldehydes is 1. The fourth-order valence-corrected chi connectivity index (χ4v) is 3.89. The van der Waals surface area contributed by atoms with Crippen LogP contribution in [-0.4, -0.2) is 56.5 Å². The highest BCUT2D eigenvalue weighted by atomic mass is 35.5. The van der Waals surface area contributed by atoms with Crippen LogP contribution in [0.3, 0.4) is 0 Å². The topological polar surface area (TPSA) is 73.1 Å². The zero-order valence-corrected chi connectivity index (χ0v) is 15.8. The molecular weight excluding hydrogens is 351 g/mol. The van der Waals surface area contributed by atoms with Gasteiger partial charge >= 0.3 is 0 Å². The largest absolute Gasteiger partial charge is 0.496 e. The van der Waals surface area contributed by atoms with Crippen LogP contribution in [0, 0.1) is 5.92 Å². The van der Waals surface area contributed by atoms with E-state index in [1.54, 1.807) is 7.11 Å². The van der Waals surface area contributed by atoms with Gasteiger partial charge in [-0.1, -0.05) is 0 Å². The third-order valence-electron chi connectivity index (χ3n) is 5.11. The summed E-state index contributed by atoms with van der Waals surface area (Å²) >= 11 is 0. The summed E-state index contributed by atoms with van der Waals surface area (Å²) in [5.41, 5.74) is 3.28. The molecule has 3 rings (SSSR count). The number of methoxy groups -OCH3 is 1. The van der Waals surface area contributed by atoms with Gasteiger partial charge in [0, 0.05) is 31.2 Å². The van der Waals surface area contributed by atoms with Crippen molar-refractivity contribution in [2.75, 3.05) is 33.8 Å². The van der Waals surface area contributed by atoms with Gasteiger partial charge in [0.1, 0.15) is 12.0 Å². The molecule has 1 aromatic carbocycles. The van der Waals surface area contributed by atoms with Crippen LogP contribution in [0.2, 0.25) is 0 Å². The first kappa shape index (κ1) is 23.1. The van der Waals surface area contributed by atoms with Gasteiger partial charge in [-0.25, -0.2) is 0 Å². The molecule has 2 atom stereocenters. The Bertz CT molecular complexity index is 543. The summed E-state index contributed by atoms with van der Waals surface area (Å²) in [6.45, 7) is 3.25. The summed E-state index contributed by atoms with van der Waals surface area (Å²) in [4.78, 5) is 13.7. The van der Waals surface area contributed by atoms with E-state index in [1.807, 2.05) is 12.1 Å². The van der Waals surface area contributed by atoms with Gasteiger partial charge in [-0.05, 0) is 55.5 Å². The Hall–Kier alpha value is -0.850. The lowest BCUT2D eigenvalue weighted by molar-refractivity contribution is 0.112.